The van der Waals surface area contributed by atoms with Crippen molar-refractivity contribution < 1.29 is 4.79 Å². The van der Waals surface area contributed by atoms with Crippen molar-refractivity contribution in [2.24, 2.45) is 5.92 Å². The van der Waals surface area contributed by atoms with Crippen molar-refractivity contribution in [1.29, 1.82) is 0 Å². The minimum atomic E-state index is 0.249. The van der Waals surface area contributed by atoms with E-state index in [1.54, 1.807) is 0 Å². The van der Waals surface area contributed by atoms with Crippen LogP contribution in [-0.2, 0) is 4.79 Å². The number of thioether (sulfide) groups is 1. The molecule has 1 fully saturated rings. The molecule has 1 unspecified atom stereocenters. The predicted octanol–water partition coefficient (Wildman–Crippen LogP) is 3.20. The maximum absolute atomic E-state index is 11.8. The lowest BCUT2D eigenvalue weighted by molar-refractivity contribution is -0.122. The summed E-state index contributed by atoms with van der Waals surface area (Å²) in [4.78, 5) is 11.8. The van der Waals surface area contributed by atoms with Gasteiger partial charge in [-0.2, -0.15) is 11.8 Å². The van der Waals surface area contributed by atoms with Gasteiger partial charge in [-0.1, -0.05) is 15.9 Å². The highest BCUT2D eigenvalue weighted by atomic mass is 79.9. The van der Waals surface area contributed by atoms with Gasteiger partial charge in [0.25, 0.3) is 0 Å². The summed E-state index contributed by atoms with van der Waals surface area (Å²) in [6.45, 7) is 2.09. The van der Waals surface area contributed by atoms with Crippen molar-refractivity contribution in [3.8, 4) is 0 Å². The molecule has 94 valence electrons. The fourth-order valence-corrected chi connectivity index (χ4v) is 3.53. The van der Waals surface area contributed by atoms with Crippen LogP contribution in [0, 0.1) is 5.92 Å². The summed E-state index contributed by atoms with van der Waals surface area (Å²) in [7, 11) is 0. The average molecular weight is 308 g/mol. The molecular weight excluding hydrogens is 286 g/mol. The van der Waals surface area contributed by atoms with E-state index in [4.69, 9.17) is 0 Å². The van der Waals surface area contributed by atoms with Crippen molar-refractivity contribution in [1.82, 2.24) is 5.32 Å². The molecular formula is C12H22BrNOS. The molecule has 1 heterocycles. The van der Waals surface area contributed by atoms with Gasteiger partial charge in [0.2, 0.25) is 5.91 Å². The number of halogens is 1. The Hall–Kier alpha value is 0.300. The molecule has 1 saturated heterocycles. The Morgan fingerprint density at radius 3 is 2.81 bits per heavy atom. The molecule has 1 aliphatic heterocycles. The number of carbonyl (C=O) groups excluding carboxylic acids is 1. The Bertz CT molecular complexity index is 207. The van der Waals surface area contributed by atoms with Crippen molar-refractivity contribution in [3.05, 3.63) is 0 Å². The van der Waals surface area contributed by atoms with Crippen LogP contribution in [0.15, 0.2) is 0 Å². The number of alkyl halides is 1. The van der Waals surface area contributed by atoms with E-state index in [1.807, 2.05) is 11.8 Å². The fraction of sp³-hybridized carbons (Fsp3) is 0.917. The van der Waals surface area contributed by atoms with E-state index in [0.717, 1.165) is 24.6 Å². The van der Waals surface area contributed by atoms with E-state index in [-0.39, 0.29) is 5.91 Å². The average Bonchev–Trinajstić information content (AvgIpc) is 2.27. The third kappa shape index (κ3) is 6.14. The number of hydrogen-bond donors (Lipinski definition) is 1. The second-order valence-electron chi connectivity index (χ2n) is 4.56. The Morgan fingerprint density at radius 2 is 2.19 bits per heavy atom. The van der Waals surface area contributed by atoms with Crippen LogP contribution in [0.4, 0.5) is 0 Å². The van der Waals surface area contributed by atoms with Crippen LogP contribution < -0.4 is 5.32 Å². The molecule has 1 N–H and O–H groups in total. The zero-order chi connectivity index (χ0) is 11.8. The number of amides is 1. The molecule has 1 amide bonds. The zero-order valence-corrected chi connectivity index (χ0v) is 12.4. The van der Waals surface area contributed by atoms with Gasteiger partial charge >= 0.3 is 0 Å². The van der Waals surface area contributed by atoms with Crippen molar-refractivity contribution in [3.63, 3.8) is 0 Å². The molecule has 2 nitrogen and oxygen atoms in total. The second kappa shape index (κ2) is 8.40. The van der Waals surface area contributed by atoms with E-state index in [0.29, 0.717) is 12.0 Å². The van der Waals surface area contributed by atoms with Crippen LogP contribution in [0.2, 0.25) is 0 Å². The van der Waals surface area contributed by atoms with Crippen molar-refractivity contribution >= 4 is 33.6 Å². The molecule has 16 heavy (non-hydrogen) atoms. The number of hydrogen-bond acceptors (Lipinski definition) is 2. The lowest BCUT2D eigenvalue weighted by Gasteiger charge is -2.21. The third-order valence-corrected chi connectivity index (χ3v) is 4.60. The quantitative estimate of drug-likeness (QED) is 0.764. The van der Waals surface area contributed by atoms with E-state index in [9.17, 15) is 4.79 Å². The van der Waals surface area contributed by atoms with E-state index < -0.39 is 0 Å². The maximum Gasteiger partial charge on any atom is 0.220 e. The Balaban J connectivity index is 2.13. The van der Waals surface area contributed by atoms with Gasteiger partial charge < -0.3 is 5.32 Å². The van der Waals surface area contributed by atoms with E-state index >= 15 is 0 Å². The van der Waals surface area contributed by atoms with Gasteiger partial charge in [-0.15, -0.1) is 0 Å². The first-order valence-corrected chi connectivity index (χ1v) is 8.43. The first kappa shape index (κ1) is 14.4. The number of carbonyl (C=O) groups is 1. The minimum Gasteiger partial charge on any atom is -0.354 e. The van der Waals surface area contributed by atoms with Crippen LogP contribution in [0.5, 0.6) is 0 Å². The highest BCUT2D eigenvalue weighted by Gasteiger charge is 2.17. The summed E-state index contributed by atoms with van der Waals surface area (Å²) in [5.41, 5.74) is 0. The van der Waals surface area contributed by atoms with Gasteiger partial charge in [-0.3, -0.25) is 4.79 Å². The first-order chi connectivity index (χ1) is 7.72. The highest BCUT2D eigenvalue weighted by molar-refractivity contribution is 9.09. The smallest absolute Gasteiger partial charge is 0.220 e. The monoisotopic (exact) mass is 307 g/mol. The molecule has 0 saturated carbocycles. The van der Waals surface area contributed by atoms with Crippen molar-refractivity contribution in [2.75, 3.05) is 16.8 Å². The Labute approximate surface area is 111 Å². The van der Waals surface area contributed by atoms with Gasteiger partial charge in [0.15, 0.2) is 0 Å². The summed E-state index contributed by atoms with van der Waals surface area (Å²) in [6, 6.07) is 0.322. The maximum atomic E-state index is 11.8. The van der Waals surface area contributed by atoms with Gasteiger partial charge in [-0.05, 0) is 50.0 Å². The SMILES string of the molecule is CC(CCCBr)NC(=O)CC1CCSCC1. The lowest BCUT2D eigenvalue weighted by Crippen LogP contribution is -2.34. The highest BCUT2D eigenvalue weighted by Crippen LogP contribution is 2.25. The molecule has 0 aromatic heterocycles. The van der Waals surface area contributed by atoms with Crippen LogP contribution in [-0.4, -0.2) is 28.8 Å². The van der Waals surface area contributed by atoms with Crippen molar-refractivity contribution in [2.45, 2.75) is 45.1 Å². The minimum absolute atomic E-state index is 0.249. The topological polar surface area (TPSA) is 29.1 Å². The molecule has 0 spiro atoms. The summed E-state index contributed by atoms with van der Waals surface area (Å²) in [5.74, 6) is 3.34. The van der Waals surface area contributed by atoms with Crippen LogP contribution in [0.1, 0.15) is 39.0 Å². The van der Waals surface area contributed by atoms with Gasteiger partial charge in [-0.25, -0.2) is 0 Å². The largest absolute Gasteiger partial charge is 0.354 e. The Morgan fingerprint density at radius 1 is 1.50 bits per heavy atom. The predicted molar refractivity (Wildman–Crippen MR) is 75.3 cm³/mol. The van der Waals surface area contributed by atoms with Gasteiger partial charge in [0.05, 0.1) is 0 Å². The van der Waals surface area contributed by atoms with Crippen LogP contribution >= 0.6 is 27.7 Å². The Kier molecular flexibility index (Phi) is 7.54. The fourth-order valence-electron chi connectivity index (χ4n) is 2.00. The molecule has 1 rings (SSSR count). The number of rotatable bonds is 6. The summed E-state index contributed by atoms with van der Waals surface area (Å²) >= 11 is 5.42. The second-order valence-corrected chi connectivity index (χ2v) is 6.58. The first-order valence-electron chi connectivity index (χ1n) is 6.15. The zero-order valence-electron chi connectivity index (χ0n) is 10.0. The molecule has 0 aromatic rings. The van der Waals surface area contributed by atoms with Crippen LogP contribution in [0.25, 0.3) is 0 Å². The molecule has 0 bridgehead atoms. The molecule has 1 aliphatic rings. The molecule has 0 aromatic carbocycles. The normalized spacial score (nSPS) is 19.4. The van der Waals surface area contributed by atoms with Gasteiger partial charge in [0.1, 0.15) is 0 Å². The number of nitrogens with one attached hydrogen (secondary N) is 1. The van der Waals surface area contributed by atoms with Gasteiger partial charge in [0, 0.05) is 17.8 Å². The molecule has 0 radical (unpaired) electrons. The summed E-state index contributed by atoms with van der Waals surface area (Å²) < 4.78 is 0. The summed E-state index contributed by atoms with van der Waals surface area (Å²) in [6.07, 6.45) is 5.36. The molecule has 4 heteroatoms. The van der Waals surface area contributed by atoms with E-state index in [1.165, 1.54) is 24.3 Å². The third-order valence-electron chi connectivity index (χ3n) is 2.99. The summed E-state index contributed by atoms with van der Waals surface area (Å²) in [5, 5.41) is 4.12. The standard InChI is InChI=1S/C12H22BrNOS/c1-10(3-2-6-13)14-12(15)9-11-4-7-16-8-5-11/h10-11H,2-9H2,1H3,(H,14,15). The lowest BCUT2D eigenvalue weighted by atomic mass is 9.98. The molecule has 0 aliphatic carbocycles. The van der Waals surface area contributed by atoms with Crippen LogP contribution in [0.3, 0.4) is 0 Å². The van der Waals surface area contributed by atoms with E-state index in [2.05, 4.69) is 28.2 Å². The molecule has 1 atom stereocenters.